The summed E-state index contributed by atoms with van der Waals surface area (Å²) in [5.41, 5.74) is -0.0837. The lowest BCUT2D eigenvalue weighted by atomic mass is 10.0. The lowest BCUT2D eigenvalue weighted by Crippen LogP contribution is -2.48. The number of carbonyl (C=O) groups is 3. The summed E-state index contributed by atoms with van der Waals surface area (Å²) < 4.78 is 5.20. The fourth-order valence-electron chi connectivity index (χ4n) is 3.10. The molecule has 0 saturated heterocycles. The molecule has 8 heteroatoms. The Bertz CT molecular complexity index is 728. The second-order valence-electron chi connectivity index (χ2n) is 8.79. The number of hydrogen-bond donors (Lipinski definition) is 3. The fourth-order valence-corrected chi connectivity index (χ4v) is 3.10. The van der Waals surface area contributed by atoms with Gasteiger partial charge in [0.2, 0.25) is 11.8 Å². The maximum Gasteiger partial charge on any atom is 0.408 e. The van der Waals surface area contributed by atoms with Crippen LogP contribution in [0.2, 0.25) is 0 Å². The quantitative estimate of drug-likeness (QED) is 0.420. The molecule has 180 valence electrons. The van der Waals surface area contributed by atoms with Crippen molar-refractivity contribution in [3.8, 4) is 5.75 Å². The number of nitrogens with one attached hydrogen (secondary N) is 2. The lowest BCUT2D eigenvalue weighted by molar-refractivity contribution is -0.140. The van der Waals surface area contributed by atoms with E-state index in [1.807, 2.05) is 6.92 Å². The van der Waals surface area contributed by atoms with Gasteiger partial charge in [0.05, 0.1) is 0 Å². The maximum absolute atomic E-state index is 13.1. The summed E-state index contributed by atoms with van der Waals surface area (Å²) in [6.45, 7) is 9.91. The van der Waals surface area contributed by atoms with E-state index in [1.54, 1.807) is 32.9 Å². The summed E-state index contributed by atoms with van der Waals surface area (Å²) >= 11 is 0. The van der Waals surface area contributed by atoms with Crippen LogP contribution in [-0.2, 0) is 14.3 Å². The predicted octanol–water partition coefficient (Wildman–Crippen LogP) is 3.89. The van der Waals surface area contributed by atoms with E-state index in [2.05, 4.69) is 17.6 Å². The molecule has 0 heterocycles. The molecule has 0 bridgehead atoms. The minimum atomic E-state index is -0.864. The summed E-state index contributed by atoms with van der Waals surface area (Å²) in [6, 6.07) is 5.40. The van der Waals surface area contributed by atoms with Gasteiger partial charge in [-0.25, -0.2) is 4.79 Å². The van der Waals surface area contributed by atoms with Gasteiger partial charge in [-0.3, -0.25) is 9.59 Å². The fraction of sp³-hybridized carbons (Fsp3) is 0.625. The zero-order valence-corrected chi connectivity index (χ0v) is 20.1. The molecule has 1 rings (SSSR count). The highest BCUT2D eigenvalue weighted by Gasteiger charge is 2.31. The number of benzene rings is 1. The van der Waals surface area contributed by atoms with Crippen molar-refractivity contribution < 1.29 is 24.2 Å². The Balaban J connectivity index is 3.07. The Morgan fingerprint density at radius 3 is 2.19 bits per heavy atom. The highest BCUT2D eigenvalue weighted by Crippen LogP contribution is 2.24. The van der Waals surface area contributed by atoms with Gasteiger partial charge in [0, 0.05) is 13.1 Å². The van der Waals surface area contributed by atoms with Crippen LogP contribution in [0, 0.1) is 0 Å². The van der Waals surface area contributed by atoms with Gasteiger partial charge in [0.25, 0.3) is 0 Å². The topological polar surface area (TPSA) is 108 Å². The van der Waals surface area contributed by atoms with E-state index in [1.165, 1.54) is 17.0 Å². The average molecular weight is 450 g/mol. The van der Waals surface area contributed by atoms with Crippen LogP contribution < -0.4 is 10.6 Å². The first kappa shape index (κ1) is 27.3. The molecule has 3 N–H and O–H groups in total. The molecule has 1 aromatic rings. The number of rotatable bonds is 12. The molecule has 8 nitrogen and oxygen atoms in total. The van der Waals surface area contributed by atoms with Crippen molar-refractivity contribution in [2.45, 2.75) is 78.4 Å². The molecule has 0 saturated carbocycles. The van der Waals surface area contributed by atoms with Gasteiger partial charge < -0.3 is 25.4 Å². The second-order valence-corrected chi connectivity index (χ2v) is 8.79. The molecule has 0 aliphatic rings. The van der Waals surface area contributed by atoms with Crippen LogP contribution in [0.5, 0.6) is 5.75 Å². The number of ether oxygens (including phenoxy) is 1. The number of aromatic hydroxyl groups is 1. The van der Waals surface area contributed by atoms with Crippen LogP contribution in [0.4, 0.5) is 4.79 Å². The van der Waals surface area contributed by atoms with Gasteiger partial charge in [-0.15, -0.1) is 0 Å². The molecule has 32 heavy (non-hydrogen) atoms. The van der Waals surface area contributed by atoms with E-state index in [0.717, 1.165) is 25.7 Å². The van der Waals surface area contributed by atoms with Crippen LogP contribution in [0.15, 0.2) is 24.3 Å². The molecular formula is C24H39N3O5. The highest BCUT2D eigenvalue weighted by atomic mass is 16.6. The second kappa shape index (κ2) is 13.6. The molecule has 1 unspecified atom stereocenters. The minimum absolute atomic E-state index is 0.0777. The SMILES string of the molecule is CCCCCNC(=O)C(c1ccc(O)cc1)N(CCCC)C(=O)CNC(=O)OC(C)(C)C. The zero-order chi connectivity index (χ0) is 24.1. The number of hydrogen-bond acceptors (Lipinski definition) is 5. The van der Waals surface area contributed by atoms with Crippen molar-refractivity contribution in [3.63, 3.8) is 0 Å². The number of phenols is 1. The molecule has 0 radical (unpaired) electrons. The largest absolute Gasteiger partial charge is 0.508 e. The summed E-state index contributed by atoms with van der Waals surface area (Å²) in [7, 11) is 0. The first-order chi connectivity index (χ1) is 15.1. The molecular weight excluding hydrogens is 410 g/mol. The Morgan fingerprint density at radius 2 is 1.62 bits per heavy atom. The van der Waals surface area contributed by atoms with E-state index in [0.29, 0.717) is 25.1 Å². The third-order valence-corrected chi connectivity index (χ3v) is 4.70. The number of alkyl carbamates (subject to hydrolysis) is 1. The Labute approximate surface area is 191 Å². The van der Waals surface area contributed by atoms with Gasteiger partial charge in [-0.2, -0.15) is 0 Å². The van der Waals surface area contributed by atoms with Crippen molar-refractivity contribution >= 4 is 17.9 Å². The number of carbonyl (C=O) groups excluding carboxylic acids is 3. The average Bonchev–Trinajstić information content (AvgIpc) is 2.72. The molecule has 1 aromatic carbocycles. The van der Waals surface area contributed by atoms with Crippen LogP contribution >= 0.6 is 0 Å². The van der Waals surface area contributed by atoms with Crippen molar-refractivity contribution in [2.75, 3.05) is 19.6 Å². The van der Waals surface area contributed by atoms with Crippen molar-refractivity contribution in [1.29, 1.82) is 0 Å². The summed E-state index contributed by atoms with van der Waals surface area (Å²) in [5.74, 6) is -0.589. The smallest absolute Gasteiger partial charge is 0.408 e. The van der Waals surface area contributed by atoms with Gasteiger partial charge in [0.1, 0.15) is 23.9 Å². The Morgan fingerprint density at radius 1 is 1.00 bits per heavy atom. The van der Waals surface area contributed by atoms with Crippen LogP contribution in [0.3, 0.4) is 0 Å². The molecule has 0 aliphatic heterocycles. The predicted molar refractivity (Wildman–Crippen MR) is 124 cm³/mol. The Hall–Kier alpha value is -2.77. The van der Waals surface area contributed by atoms with Gasteiger partial charge in [0.15, 0.2) is 0 Å². The molecule has 0 fully saturated rings. The standard InChI is InChI=1S/C24H39N3O5/c1-6-8-10-15-25-22(30)21(18-11-13-19(28)14-12-18)27(16-9-7-2)20(29)17-26-23(31)32-24(3,4)5/h11-14,21,28H,6-10,15-17H2,1-5H3,(H,25,30)(H,26,31). The summed E-state index contributed by atoms with van der Waals surface area (Å²) in [6.07, 6.45) is 3.75. The monoisotopic (exact) mass is 449 g/mol. The van der Waals surface area contributed by atoms with Crippen LogP contribution in [0.25, 0.3) is 0 Å². The van der Waals surface area contributed by atoms with E-state index in [4.69, 9.17) is 4.74 Å². The van der Waals surface area contributed by atoms with Crippen LogP contribution in [0.1, 0.15) is 78.3 Å². The molecule has 3 amide bonds. The summed E-state index contributed by atoms with van der Waals surface area (Å²) in [5, 5.41) is 15.1. The van der Waals surface area contributed by atoms with Crippen molar-refractivity contribution in [3.05, 3.63) is 29.8 Å². The van der Waals surface area contributed by atoms with Gasteiger partial charge in [-0.05, 0) is 51.3 Å². The van der Waals surface area contributed by atoms with Crippen LogP contribution in [-0.4, -0.2) is 53.1 Å². The van der Waals surface area contributed by atoms with Crippen molar-refractivity contribution in [1.82, 2.24) is 15.5 Å². The molecule has 0 aliphatic carbocycles. The number of amides is 3. The molecule has 1 atom stereocenters. The van der Waals surface area contributed by atoms with Gasteiger partial charge >= 0.3 is 6.09 Å². The lowest BCUT2D eigenvalue weighted by Gasteiger charge is -2.31. The normalized spacial score (nSPS) is 12.0. The van der Waals surface area contributed by atoms with E-state index >= 15 is 0 Å². The van der Waals surface area contributed by atoms with E-state index < -0.39 is 17.7 Å². The molecule has 0 spiro atoms. The summed E-state index contributed by atoms with van der Waals surface area (Å²) in [4.78, 5) is 39.7. The highest BCUT2D eigenvalue weighted by molar-refractivity contribution is 5.90. The number of phenolic OH excluding ortho intramolecular Hbond substituents is 1. The maximum atomic E-state index is 13.1. The van der Waals surface area contributed by atoms with Crippen molar-refractivity contribution in [2.24, 2.45) is 0 Å². The minimum Gasteiger partial charge on any atom is -0.508 e. The first-order valence-electron chi connectivity index (χ1n) is 11.4. The zero-order valence-electron chi connectivity index (χ0n) is 20.1. The van der Waals surface area contributed by atoms with E-state index in [-0.39, 0.29) is 24.1 Å². The number of nitrogens with zero attached hydrogens (tertiary/aromatic N) is 1. The third-order valence-electron chi connectivity index (χ3n) is 4.70. The van der Waals surface area contributed by atoms with Gasteiger partial charge in [-0.1, -0.05) is 45.2 Å². The third kappa shape index (κ3) is 10.0. The first-order valence-corrected chi connectivity index (χ1v) is 11.4. The molecule has 0 aromatic heterocycles. The number of unbranched alkanes of at least 4 members (excludes halogenated alkanes) is 3. The Kier molecular flexibility index (Phi) is 11.6. The van der Waals surface area contributed by atoms with E-state index in [9.17, 15) is 19.5 Å².